The topological polar surface area (TPSA) is 87.7 Å². The normalized spacial score (nSPS) is 18.0. The molecule has 7 heteroatoms. The monoisotopic (exact) mass is 557 g/mol. The Kier molecular flexibility index (Phi) is 9.05. The summed E-state index contributed by atoms with van der Waals surface area (Å²) in [6.07, 6.45) is 0.564. The molecule has 4 rings (SSSR count). The van der Waals surface area contributed by atoms with Gasteiger partial charge < -0.3 is 20.3 Å². The molecule has 0 aliphatic heterocycles. The molecule has 3 amide bonds. The van der Waals surface area contributed by atoms with E-state index < -0.39 is 23.8 Å². The van der Waals surface area contributed by atoms with Gasteiger partial charge in [-0.05, 0) is 80.8 Å². The van der Waals surface area contributed by atoms with Gasteiger partial charge in [0, 0.05) is 11.7 Å². The molecule has 3 aromatic rings. The van der Waals surface area contributed by atoms with Crippen LogP contribution in [0.4, 0.5) is 10.5 Å². The van der Waals surface area contributed by atoms with Crippen LogP contribution in [0.2, 0.25) is 0 Å². The number of ether oxygens (including phenoxy) is 1. The third-order valence-corrected chi connectivity index (χ3v) is 7.28. The van der Waals surface area contributed by atoms with Crippen molar-refractivity contribution < 1.29 is 19.1 Å². The molecule has 1 aliphatic rings. The highest BCUT2D eigenvalue weighted by Crippen LogP contribution is 2.41. The van der Waals surface area contributed by atoms with E-state index in [2.05, 4.69) is 17.6 Å². The number of hydrogen-bond donors (Lipinski definition) is 2. The minimum absolute atomic E-state index is 0.120. The zero-order valence-electron chi connectivity index (χ0n) is 25.2. The van der Waals surface area contributed by atoms with E-state index in [0.29, 0.717) is 12.1 Å². The summed E-state index contributed by atoms with van der Waals surface area (Å²) in [5, 5.41) is 8.01. The molecule has 0 heterocycles. The molecule has 218 valence electrons. The van der Waals surface area contributed by atoms with Crippen LogP contribution in [0.1, 0.15) is 71.6 Å². The zero-order valence-corrected chi connectivity index (χ0v) is 25.2. The van der Waals surface area contributed by atoms with Crippen molar-refractivity contribution in [3.8, 4) is 0 Å². The summed E-state index contributed by atoms with van der Waals surface area (Å²) in [5.41, 5.74) is 1.68. The van der Waals surface area contributed by atoms with Crippen molar-refractivity contribution in [2.45, 2.75) is 85.0 Å². The van der Waals surface area contributed by atoms with Crippen molar-refractivity contribution in [1.82, 2.24) is 10.2 Å². The van der Waals surface area contributed by atoms with Crippen molar-refractivity contribution in [3.63, 3.8) is 0 Å². The van der Waals surface area contributed by atoms with Crippen molar-refractivity contribution in [1.29, 1.82) is 0 Å². The Balaban J connectivity index is 1.72. The summed E-state index contributed by atoms with van der Waals surface area (Å²) in [7, 11) is 0. The summed E-state index contributed by atoms with van der Waals surface area (Å²) in [6, 6.07) is 19.7. The first-order valence-electron chi connectivity index (χ1n) is 14.5. The fraction of sp³-hybridized carbons (Fsp3) is 0.441. The van der Waals surface area contributed by atoms with E-state index in [4.69, 9.17) is 4.74 Å². The molecule has 0 saturated heterocycles. The quantitative estimate of drug-likeness (QED) is 0.296. The Morgan fingerprint density at radius 2 is 1.66 bits per heavy atom. The van der Waals surface area contributed by atoms with Crippen molar-refractivity contribution in [3.05, 3.63) is 77.9 Å². The number of anilines is 1. The number of carbonyl (C=O) groups is 3. The highest BCUT2D eigenvalue weighted by Gasteiger charge is 2.48. The minimum atomic E-state index is -0.876. The van der Waals surface area contributed by atoms with Gasteiger partial charge in [-0.15, -0.1) is 0 Å². The first kappa shape index (κ1) is 30.1. The predicted octanol–water partition coefficient (Wildman–Crippen LogP) is 7.00. The summed E-state index contributed by atoms with van der Waals surface area (Å²) in [4.78, 5) is 43.1. The smallest absolute Gasteiger partial charge is 0.408 e. The number of nitrogens with one attached hydrogen (secondary N) is 2. The van der Waals surface area contributed by atoms with E-state index in [-0.39, 0.29) is 29.7 Å². The number of benzene rings is 3. The van der Waals surface area contributed by atoms with Crippen molar-refractivity contribution >= 4 is 34.4 Å². The third kappa shape index (κ3) is 7.87. The Bertz CT molecular complexity index is 1410. The highest BCUT2D eigenvalue weighted by atomic mass is 16.6. The second-order valence-electron chi connectivity index (χ2n) is 12.7. The van der Waals surface area contributed by atoms with E-state index >= 15 is 0 Å². The Labute approximate surface area is 243 Å². The van der Waals surface area contributed by atoms with Crippen LogP contribution in [0.15, 0.2) is 66.7 Å². The Morgan fingerprint density at radius 3 is 2.27 bits per heavy atom. The van der Waals surface area contributed by atoms with Gasteiger partial charge in [0.1, 0.15) is 17.7 Å². The van der Waals surface area contributed by atoms with Gasteiger partial charge in [-0.2, -0.15) is 0 Å². The lowest BCUT2D eigenvalue weighted by Crippen LogP contribution is -2.53. The predicted molar refractivity (Wildman–Crippen MR) is 164 cm³/mol. The molecule has 1 saturated carbocycles. The molecule has 4 atom stereocenters. The molecule has 0 radical (unpaired) electrons. The van der Waals surface area contributed by atoms with Crippen LogP contribution in [0.5, 0.6) is 0 Å². The van der Waals surface area contributed by atoms with E-state index in [0.717, 1.165) is 28.3 Å². The maximum Gasteiger partial charge on any atom is 0.408 e. The molecule has 3 aromatic carbocycles. The van der Waals surface area contributed by atoms with Crippen LogP contribution in [0, 0.1) is 18.8 Å². The average Bonchev–Trinajstić information content (AvgIpc) is 3.60. The maximum atomic E-state index is 14.4. The van der Waals surface area contributed by atoms with E-state index in [1.54, 1.807) is 25.7 Å². The van der Waals surface area contributed by atoms with Gasteiger partial charge in [0.05, 0.1) is 0 Å². The number of carbonyl (C=O) groups excluding carboxylic acids is 3. The van der Waals surface area contributed by atoms with Crippen LogP contribution in [0.25, 0.3) is 10.8 Å². The highest BCUT2D eigenvalue weighted by molar-refractivity contribution is 6.00. The first-order valence-corrected chi connectivity index (χ1v) is 14.5. The molecule has 4 unspecified atom stereocenters. The van der Waals surface area contributed by atoms with E-state index in [9.17, 15) is 14.4 Å². The number of alkyl carbamates (subject to hydrolysis) is 1. The SMILES string of the molecule is Cc1cccc(C(C(=O)Nc2ccc3ccccc3c2)N(C(=O)C(CC(C)C)NC(=O)OC(C)(C)C)C2CC2C)c1. The third-order valence-electron chi connectivity index (χ3n) is 7.28. The van der Waals surface area contributed by atoms with Crippen LogP contribution >= 0.6 is 0 Å². The van der Waals surface area contributed by atoms with Crippen LogP contribution in [0.3, 0.4) is 0 Å². The molecule has 2 N–H and O–H groups in total. The van der Waals surface area contributed by atoms with Gasteiger partial charge in [0.15, 0.2) is 0 Å². The van der Waals surface area contributed by atoms with Crippen molar-refractivity contribution in [2.75, 3.05) is 5.32 Å². The molecule has 1 aliphatic carbocycles. The minimum Gasteiger partial charge on any atom is -0.444 e. The number of amides is 3. The number of aryl methyl sites for hydroxylation is 1. The zero-order chi connectivity index (χ0) is 29.9. The molecule has 0 aromatic heterocycles. The van der Waals surface area contributed by atoms with E-state index in [1.165, 1.54) is 0 Å². The molecular formula is C34H43N3O4. The van der Waals surface area contributed by atoms with Gasteiger partial charge in [-0.3, -0.25) is 9.59 Å². The number of hydrogen-bond acceptors (Lipinski definition) is 4. The van der Waals surface area contributed by atoms with Crippen LogP contribution < -0.4 is 10.6 Å². The standard InChI is InChI=1S/C34H43N3O4/c1-21(2)17-28(36-33(40)41-34(5,6)7)32(39)37(29-19-23(29)4)30(26-14-10-11-22(3)18-26)31(38)35-27-16-15-24-12-8-9-13-25(24)20-27/h8-16,18,20-21,23,28-30H,17,19H2,1-7H3,(H,35,38)(H,36,40). The molecule has 1 fully saturated rings. The fourth-order valence-corrected chi connectivity index (χ4v) is 5.25. The second-order valence-corrected chi connectivity index (χ2v) is 12.7. The van der Waals surface area contributed by atoms with Gasteiger partial charge in [-0.1, -0.05) is 80.9 Å². The van der Waals surface area contributed by atoms with Gasteiger partial charge in [-0.25, -0.2) is 4.79 Å². The van der Waals surface area contributed by atoms with Crippen LogP contribution in [-0.2, 0) is 14.3 Å². The number of fused-ring (bicyclic) bond motifs is 1. The average molecular weight is 558 g/mol. The Morgan fingerprint density at radius 1 is 0.976 bits per heavy atom. The van der Waals surface area contributed by atoms with Crippen molar-refractivity contribution in [2.24, 2.45) is 11.8 Å². The second kappa shape index (κ2) is 12.3. The maximum absolute atomic E-state index is 14.4. The molecule has 0 spiro atoms. The molecular weight excluding hydrogens is 514 g/mol. The number of nitrogens with zero attached hydrogens (tertiary/aromatic N) is 1. The first-order chi connectivity index (χ1) is 19.3. The molecule has 41 heavy (non-hydrogen) atoms. The lowest BCUT2D eigenvalue weighted by molar-refractivity contribution is -0.142. The fourth-order valence-electron chi connectivity index (χ4n) is 5.25. The summed E-state index contributed by atoms with van der Waals surface area (Å²) < 4.78 is 5.50. The summed E-state index contributed by atoms with van der Waals surface area (Å²) >= 11 is 0. The van der Waals surface area contributed by atoms with Gasteiger partial charge >= 0.3 is 6.09 Å². The largest absolute Gasteiger partial charge is 0.444 e. The lowest BCUT2D eigenvalue weighted by atomic mass is 9.98. The van der Waals surface area contributed by atoms with E-state index in [1.807, 2.05) is 87.5 Å². The van der Waals surface area contributed by atoms with Crippen LogP contribution in [-0.4, -0.2) is 40.5 Å². The molecule has 7 nitrogen and oxygen atoms in total. The Hall–Kier alpha value is -3.87. The van der Waals surface area contributed by atoms with Gasteiger partial charge in [0.25, 0.3) is 5.91 Å². The lowest BCUT2D eigenvalue weighted by Gasteiger charge is -2.35. The molecule has 0 bridgehead atoms. The summed E-state index contributed by atoms with van der Waals surface area (Å²) in [6.45, 7) is 13.4. The van der Waals surface area contributed by atoms with Gasteiger partial charge in [0.2, 0.25) is 5.91 Å². The summed E-state index contributed by atoms with van der Waals surface area (Å²) in [5.74, 6) is -0.208. The number of rotatable bonds is 9.